The van der Waals surface area contributed by atoms with E-state index in [0.717, 1.165) is 15.6 Å². The number of anilines is 1. The van der Waals surface area contributed by atoms with Gasteiger partial charge in [0.05, 0.1) is 22.2 Å². The van der Waals surface area contributed by atoms with E-state index in [4.69, 9.17) is 11.6 Å². The molecule has 0 spiro atoms. The van der Waals surface area contributed by atoms with Crippen LogP contribution in [0, 0.1) is 6.92 Å². The summed E-state index contributed by atoms with van der Waals surface area (Å²) >= 11 is 9.01. The molecule has 0 aliphatic heterocycles. The van der Waals surface area contributed by atoms with Crippen molar-refractivity contribution in [3.63, 3.8) is 0 Å². The van der Waals surface area contributed by atoms with Gasteiger partial charge >= 0.3 is 0 Å². The Morgan fingerprint density at radius 1 is 1.21 bits per heavy atom. The van der Waals surface area contributed by atoms with Crippen molar-refractivity contribution in [2.75, 3.05) is 11.1 Å². The molecule has 0 bridgehead atoms. The Balaban J connectivity index is 1.58. The van der Waals surface area contributed by atoms with Crippen molar-refractivity contribution < 1.29 is 4.79 Å². The number of thiazole rings is 1. The number of amides is 1. The van der Waals surface area contributed by atoms with E-state index in [1.54, 1.807) is 23.5 Å². The number of rotatable bonds is 5. The summed E-state index contributed by atoms with van der Waals surface area (Å²) in [4.78, 5) is 16.6. The fourth-order valence-electron chi connectivity index (χ4n) is 2.06. The van der Waals surface area contributed by atoms with Crippen LogP contribution in [0.3, 0.4) is 0 Å². The highest BCUT2D eigenvalue weighted by molar-refractivity contribution is 8.01. The van der Waals surface area contributed by atoms with Gasteiger partial charge in [-0.1, -0.05) is 65.3 Å². The number of aryl methyl sites for hydroxylation is 1. The first-order valence-corrected chi connectivity index (χ1v) is 9.56. The lowest BCUT2D eigenvalue weighted by Gasteiger charge is -2.05. The predicted molar refractivity (Wildman–Crippen MR) is 103 cm³/mol. The van der Waals surface area contributed by atoms with Gasteiger partial charge in [-0.25, -0.2) is 4.98 Å². The molecule has 1 aromatic heterocycles. The highest BCUT2D eigenvalue weighted by atomic mass is 35.5. The number of thioether (sulfide) groups is 1. The average Bonchev–Trinajstić information content (AvgIpc) is 3.05. The first-order chi connectivity index (χ1) is 11.6. The van der Waals surface area contributed by atoms with Gasteiger partial charge in [0.1, 0.15) is 0 Å². The average molecular weight is 375 g/mol. The van der Waals surface area contributed by atoms with Crippen LogP contribution in [0.25, 0.3) is 11.3 Å². The zero-order valence-corrected chi connectivity index (χ0v) is 15.3. The van der Waals surface area contributed by atoms with Gasteiger partial charge in [-0.3, -0.25) is 4.79 Å². The molecule has 2 aromatic carbocycles. The third-order valence-electron chi connectivity index (χ3n) is 3.31. The number of hydrogen-bond acceptors (Lipinski definition) is 4. The second kappa shape index (κ2) is 7.83. The van der Waals surface area contributed by atoms with Gasteiger partial charge in [0, 0.05) is 10.9 Å². The Hall–Kier alpha value is -1.82. The number of aromatic nitrogens is 1. The number of carbonyl (C=O) groups excluding carboxylic acids is 1. The quantitative estimate of drug-likeness (QED) is 0.599. The van der Waals surface area contributed by atoms with E-state index in [-0.39, 0.29) is 5.91 Å². The molecule has 0 saturated heterocycles. The van der Waals surface area contributed by atoms with Crippen molar-refractivity contribution in [2.24, 2.45) is 0 Å². The van der Waals surface area contributed by atoms with Gasteiger partial charge < -0.3 is 5.32 Å². The van der Waals surface area contributed by atoms with Crippen LogP contribution in [0.5, 0.6) is 0 Å². The Labute approximate surface area is 154 Å². The molecule has 3 nitrogen and oxygen atoms in total. The first kappa shape index (κ1) is 17.0. The van der Waals surface area contributed by atoms with Crippen molar-refractivity contribution in [1.82, 2.24) is 4.98 Å². The molecule has 0 aliphatic rings. The van der Waals surface area contributed by atoms with Crippen LogP contribution < -0.4 is 5.32 Å². The van der Waals surface area contributed by atoms with Crippen molar-refractivity contribution in [1.29, 1.82) is 0 Å². The summed E-state index contributed by atoms with van der Waals surface area (Å²) in [5, 5.41) is 5.36. The van der Waals surface area contributed by atoms with E-state index in [1.807, 2.05) is 17.5 Å². The molecule has 3 aromatic rings. The largest absolute Gasteiger partial charge is 0.324 e. The third-order valence-corrected chi connectivity index (χ3v) is 5.66. The zero-order valence-electron chi connectivity index (χ0n) is 13.0. The van der Waals surface area contributed by atoms with E-state index in [9.17, 15) is 4.79 Å². The minimum absolute atomic E-state index is 0.0971. The van der Waals surface area contributed by atoms with E-state index >= 15 is 0 Å². The molecule has 0 radical (unpaired) electrons. The molecule has 0 saturated carbocycles. The highest BCUT2D eigenvalue weighted by Gasteiger charge is 2.09. The molecule has 1 N–H and O–H groups in total. The summed E-state index contributed by atoms with van der Waals surface area (Å²) in [6.45, 7) is 2.06. The highest BCUT2D eigenvalue weighted by Crippen LogP contribution is 2.29. The van der Waals surface area contributed by atoms with Gasteiger partial charge in [-0.2, -0.15) is 0 Å². The minimum Gasteiger partial charge on any atom is -0.324 e. The molecular formula is C18H15ClN2OS2. The first-order valence-electron chi connectivity index (χ1n) is 7.31. The van der Waals surface area contributed by atoms with Gasteiger partial charge in [0.25, 0.3) is 0 Å². The summed E-state index contributed by atoms with van der Waals surface area (Å²) in [5.41, 5.74) is 3.88. The van der Waals surface area contributed by atoms with Crippen molar-refractivity contribution >= 4 is 46.3 Å². The number of para-hydroxylation sites is 1. The van der Waals surface area contributed by atoms with E-state index < -0.39 is 0 Å². The summed E-state index contributed by atoms with van der Waals surface area (Å²) in [7, 11) is 0. The Morgan fingerprint density at radius 2 is 1.96 bits per heavy atom. The van der Waals surface area contributed by atoms with Gasteiger partial charge in [-0.15, -0.1) is 11.3 Å². The fraction of sp³-hybridized carbons (Fsp3) is 0.111. The van der Waals surface area contributed by atoms with Gasteiger partial charge in [-0.05, 0) is 19.1 Å². The molecule has 1 heterocycles. The Morgan fingerprint density at radius 3 is 2.71 bits per heavy atom. The van der Waals surface area contributed by atoms with Gasteiger partial charge in [0.2, 0.25) is 5.91 Å². The molecule has 0 aliphatic carbocycles. The monoisotopic (exact) mass is 374 g/mol. The second-order valence-electron chi connectivity index (χ2n) is 5.18. The lowest BCUT2D eigenvalue weighted by molar-refractivity contribution is -0.113. The summed E-state index contributed by atoms with van der Waals surface area (Å²) in [6, 6.07) is 15.4. The molecule has 0 unspecified atom stereocenters. The summed E-state index contributed by atoms with van der Waals surface area (Å²) < 4.78 is 0.875. The maximum atomic E-state index is 12.0. The molecule has 122 valence electrons. The number of carbonyl (C=O) groups is 1. The smallest absolute Gasteiger partial charge is 0.234 e. The number of hydrogen-bond donors (Lipinski definition) is 1. The van der Waals surface area contributed by atoms with Crippen LogP contribution in [0.15, 0.2) is 58.3 Å². The van der Waals surface area contributed by atoms with Crippen molar-refractivity contribution in [3.05, 3.63) is 64.5 Å². The number of benzene rings is 2. The molecule has 6 heteroatoms. The third kappa shape index (κ3) is 4.38. The molecular weight excluding hydrogens is 360 g/mol. The second-order valence-corrected chi connectivity index (χ2v) is 7.67. The fourth-order valence-corrected chi connectivity index (χ4v) is 3.87. The summed E-state index contributed by atoms with van der Waals surface area (Å²) in [5.74, 6) is 0.201. The van der Waals surface area contributed by atoms with Crippen molar-refractivity contribution in [3.8, 4) is 11.3 Å². The van der Waals surface area contributed by atoms with Crippen LogP contribution in [0.4, 0.5) is 5.69 Å². The Bertz CT molecular complexity index is 846. The van der Waals surface area contributed by atoms with Crippen molar-refractivity contribution in [2.45, 2.75) is 11.3 Å². The van der Waals surface area contributed by atoms with Crippen LogP contribution in [0.1, 0.15) is 5.56 Å². The lowest BCUT2D eigenvalue weighted by atomic mass is 10.1. The number of nitrogens with one attached hydrogen (secondary N) is 1. The zero-order chi connectivity index (χ0) is 16.9. The summed E-state index contributed by atoms with van der Waals surface area (Å²) in [6.07, 6.45) is 0. The van der Waals surface area contributed by atoms with E-state index in [2.05, 4.69) is 41.5 Å². The van der Waals surface area contributed by atoms with Crippen LogP contribution in [0.2, 0.25) is 5.02 Å². The molecule has 1 amide bonds. The molecule has 3 rings (SSSR count). The van der Waals surface area contributed by atoms with E-state index in [0.29, 0.717) is 16.5 Å². The van der Waals surface area contributed by atoms with Crippen LogP contribution in [-0.2, 0) is 4.79 Å². The molecule has 0 atom stereocenters. The predicted octanol–water partition coefficient (Wildman–Crippen LogP) is 5.50. The minimum atomic E-state index is -0.0971. The molecule has 0 fully saturated rings. The van der Waals surface area contributed by atoms with Gasteiger partial charge in [0.15, 0.2) is 4.34 Å². The topological polar surface area (TPSA) is 42.0 Å². The Kier molecular flexibility index (Phi) is 5.56. The maximum absolute atomic E-state index is 12.0. The SMILES string of the molecule is Cc1ccc(-c2csc(SCC(=O)Nc3ccccc3Cl)n2)cc1. The standard InChI is InChI=1S/C18H15ClN2OS2/c1-12-6-8-13(9-7-12)16-10-23-18(21-16)24-11-17(22)20-15-5-3-2-4-14(15)19/h2-10H,11H2,1H3,(H,20,22). The molecule has 24 heavy (non-hydrogen) atoms. The number of nitrogens with zero attached hydrogens (tertiary/aromatic N) is 1. The maximum Gasteiger partial charge on any atom is 0.234 e. The van der Waals surface area contributed by atoms with E-state index in [1.165, 1.54) is 17.3 Å². The normalized spacial score (nSPS) is 10.6. The van der Waals surface area contributed by atoms with Crippen LogP contribution in [-0.4, -0.2) is 16.6 Å². The van der Waals surface area contributed by atoms with Crippen LogP contribution >= 0.6 is 34.7 Å². The number of halogens is 1. The lowest BCUT2D eigenvalue weighted by Crippen LogP contribution is -2.14.